The van der Waals surface area contributed by atoms with Gasteiger partial charge in [-0.15, -0.1) is 11.8 Å². The van der Waals surface area contributed by atoms with Crippen LogP contribution in [0.15, 0.2) is 12.4 Å². The van der Waals surface area contributed by atoms with E-state index < -0.39 is 4.87 Å². The van der Waals surface area contributed by atoms with E-state index in [0.29, 0.717) is 0 Å². The minimum absolute atomic E-state index is 0.547. The fourth-order valence-electron chi connectivity index (χ4n) is 1.44. The van der Waals surface area contributed by atoms with Gasteiger partial charge in [0.15, 0.2) is 6.29 Å². The van der Waals surface area contributed by atoms with Crippen LogP contribution >= 0.6 is 11.8 Å². The van der Waals surface area contributed by atoms with E-state index in [0.717, 1.165) is 24.1 Å². The molecule has 1 saturated heterocycles. The quantitative estimate of drug-likeness (QED) is 0.683. The highest BCUT2D eigenvalue weighted by Gasteiger charge is 2.36. The van der Waals surface area contributed by atoms with Crippen LogP contribution in [0.5, 0.6) is 0 Å². The van der Waals surface area contributed by atoms with E-state index >= 15 is 0 Å². The Morgan fingerprint density at radius 2 is 2.69 bits per heavy atom. The molecule has 0 amide bonds. The second kappa shape index (κ2) is 3.16. The average molecular weight is 197 g/mol. The molecule has 0 bridgehead atoms. The van der Waals surface area contributed by atoms with E-state index in [1.54, 1.807) is 22.6 Å². The largest absolute Gasteiger partial charge is 0.300 e. The monoisotopic (exact) mass is 197 g/mol. The second-order valence-electron chi connectivity index (χ2n) is 3.03. The maximum Gasteiger partial charge on any atom is 0.155 e. The lowest BCUT2D eigenvalue weighted by atomic mass is 10.2. The van der Waals surface area contributed by atoms with Crippen molar-refractivity contribution >= 4 is 18.0 Å². The van der Waals surface area contributed by atoms with Gasteiger partial charge in [-0.25, -0.2) is 0 Å². The van der Waals surface area contributed by atoms with Crippen LogP contribution in [0.3, 0.4) is 0 Å². The Bertz CT molecular complexity index is 317. The summed E-state index contributed by atoms with van der Waals surface area (Å²) in [5.74, 6) is 0.966. The number of nitrogens with zero attached hydrogens (tertiary/aromatic N) is 2. The summed E-state index contributed by atoms with van der Waals surface area (Å²) in [5, 5.41) is 7.25. The van der Waals surface area contributed by atoms with Gasteiger partial charge in [-0.3, -0.25) is 14.8 Å². The minimum atomic E-state index is -0.547. The molecule has 2 heterocycles. The van der Waals surface area contributed by atoms with E-state index in [2.05, 4.69) is 10.4 Å². The van der Waals surface area contributed by atoms with Crippen LogP contribution in [0.1, 0.15) is 5.56 Å². The van der Waals surface area contributed by atoms with Gasteiger partial charge >= 0.3 is 0 Å². The molecule has 0 aromatic carbocycles. The van der Waals surface area contributed by atoms with E-state index in [9.17, 15) is 4.79 Å². The maximum absolute atomic E-state index is 11.0. The van der Waals surface area contributed by atoms with Crippen LogP contribution in [0, 0.1) is 0 Å². The number of rotatable bonds is 2. The van der Waals surface area contributed by atoms with Crippen molar-refractivity contribution in [3.05, 3.63) is 18.0 Å². The number of aldehydes is 1. The van der Waals surface area contributed by atoms with Crippen LogP contribution in [0.2, 0.25) is 0 Å². The molecule has 2 rings (SSSR count). The Labute approximate surface area is 80.7 Å². The Morgan fingerprint density at radius 1 is 1.85 bits per heavy atom. The molecule has 4 nitrogen and oxygen atoms in total. The van der Waals surface area contributed by atoms with E-state index in [1.165, 1.54) is 0 Å². The normalized spacial score (nSPS) is 27.8. The molecule has 0 spiro atoms. The number of aromatic nitrogens is 2. The molecule has 1 aromatic heterocycles. The minimum Gasteiger partial charge on any atom is -0.300 e. The summed E-state index contributed by atoms with van der Waals surface area (Å²) in [4.78, 5) is 10.5. The molecule has 0 aliphatic carbocycles. The zero-order chi connectivity index (χ0) is 9.31. The number of aryl methyl sites for hydroxylation is 1. The molecule has 5 heteroatoms. The summed E-state index contributed by atoms with van der Waals surface area (Å²) in [6.07, 6.45) is 4.57. The number of nitrogens with one attached hydrogen (secondary N) is 1. The first kappa shape index (κ1) is 8.77. The summed E-state index contributed by atoms with van der Waals surface area (Å²) in [5.41, 5.74) is 0.938. The maximum atomic E-state index is 11.0. The first-order chi connectivity index (χ1) is 6.27. The molecule has 1 aliphatic heterocycles. The SMILES string of the molecule is Cn1cc(C2(C=O)NCCS2)cn1. The highest BCUT2D eigenvalue weighted by Crippen LogP contribution is 2.34. The molecule has 70 valence electrons. The molecule has 1 N–H and O–H groups in total. The number of carbonyl (C=O) groups is 1. The molecule has 13 heavy (non-hydrogen) atoms. The van der Waals surface area contributed by atoms with Gasteiger partial charge in [-0.2, -0.15) is 5.10 Å². The topological polar surface area (TPSA) is 46.9 Å². The number of thioether (sulfide) groups is 1. The molecular formula is C8H11N3OS. The van der Waals surface area contributed by atoms with Crippen LogP contribution in [-0.4, -0.2) is 28.4 Å². The summed E-state index contributed by atoms with van der Waals surface area (Å²) >= 11 is 1.62. The van der Waals surface area contributed by atoms with Crippen molar-refractivity contribution < 1.29 is 4.79 Å². The Hall–Kier alpha value is -0.810. The van der Waals surface area contributed by atoms with Crippen molar-refractivity contribution in [3.8, 4) is 0 Å². The van der Waals surface area contributed by atoms with Crippen LogP contribution < -0.4 is 5.32 Å². The smallest absolute Gasteiger partial charge is 0.155 e. The molecule has 0 saturated carbocycles. The fraction of sp³-hybridized carbons (Fsp3) is 0.500. The van der Waals surface area contributed by atoms with Gasteiger partial charge in [0, 0.05) is 31.1 Å². The van der Waals surface area contributed by atoms with Gasteiger partial charge in [0.05, 0.1) is 6.20 Å². The molecule has 1 atom stereocenters. The van der Waals surface area contributed by atoms with Crippen LogP contribution in [-0.2, 0) is 16.7 Å². The van der Waals surface area contributed by atoms with Crippen molar-refractivity contribution in [1.29, 1.82) is 0 Å². The third-order valence-electron chi connectivity index (χ3n) is 2.12. The molecule has 1 aromatic rings. The zero-order valence-electron chi connectivity index (χ0n) is 7.36. The predicted molar refractivity (Wildman–Crippen MR) is 51.4 cm³/mol. The fourth-order valence-corrected chi connectivity index (χ4v) is 2.51. The van der Waals surface area contributed by atoms with E-state index in [1.807, 2.05) is 13.2 Å². The third kappa shape index (κ3) is 1.38. The van der Waals surface area contributed by atoms with Crippen molar-refractivity contribution in [2.24, 2.45) is 7.05 Å². The molecular weight excluding hydrogens is 186 g/mol. The molecule has 0 radical (unpaired) electrons. The molecule has 1 fully saturated rings. The van der Waals surface area contributed by atoms with Crippen LogP contribution in [0.4, 0.5) is 0 Å². The van der Waals surface area contributed by atoms with Gasteiger partial charge in [0.1, 0.15) is 4.87 Å². The standard InChI is InChI=1S/C8H11N3OS/c1-11-5-7(4-10-11)8(6-12)9-2-3-13-8/h4-6,9H,2-3H2,1H3. The third-order valence-corrected chi connectivity index (χ3v) is 3.46. The van der Waals surface area contributed by atoms with E-state index in [-0.39, 0.29) is 0 Å². The Morgan fingerprint density at radius 3 is 3.15 bits per heavy atom. The lowest BCUT2D eigenvalue weighted by molar-refractivity contribution is -0.110. The Balaban J connectivity index is 2.35. The molecule has 1 aliphatic rings. The summed E-state index contributed by atoms with van der Waals surface area (Å²) < 4.78 is 1.71. The predicted octanol–water partition coefficient (Wildman–Crippen LogP) is 0.108. The highest BCUT2D eigenvalue weighted by molar-refractivity contribution is 8.01. The van der Waals surface area contributed by atoms with Gasteiger partial charge in [0.2, 0.25) is 0 Å². The van der Waals surface area contributed by atoms with Gasteiger partial charge in [0.25, 0.3) is 0 Å². The lowest BCUT2D eigenvalue weighted by Crippen LogP contribution is -2.35. The van der Waals surface area contributed by atoms with Crippen molar-refractivity contribution in [2.45, 2.75) is 4.87 Å². The Kier molecular flexibility index (Phi) is 2.13. The number of hydrogen-bond donors (Lipinski definition) is 1. The van der Waals surface area contributed by atoms with Crippen molar-refractivity contribution in [1.82, 2.24) is 15.1 Å². The number of carbonyl (C=O) groups excluding carboxylic acids is 1. The zero-order valence-corrected chi connectivity index (χ0v) is 8.17. The first-order valence-electron chi connectivity index (χ1n) is 4.11. The summed E-state index contributed by atoms with van der Waals surface area (Å²) in [7, 11) is 1.85. The first-order valence-corrected chi connectivity index (χ1v) is 5.10. The number of hydrogen-bond acceptors (Lipinski definition) is 4. The van der Waals surface area contributed by atoms with Crippen molar-refractivity contribution in [2.75, 3.05) is 12.3 Å². The van der Waals surface area contributed by atoms with Crippen LogP contribution in [0.25, 0.3) is 0 Å². The second-order valence-corrected chi connectivity index (χ2v) is 4.37. The summed E-state index contributed by atoms with van der Waals surface area (Å²) in [6.45, 7) is 0.873. The average Bonchev–Trinajstić information content (AvgIpc) is 2.73. The lowest BCUT2D eigenvalue weighted by Gasteiger charge is -2.19. The van der Waals surface area contributed by atoms with Gasteiger partial charge in [-0.05, 0) is 0 Å². The highest BCUT2D eigenvalue weighted by atomic mass is 32.2. The summed E-state index contributed by atoms with van der Waals surface area (Å²) in [6, 6.07) is 0. The van der Waals surface area contributed by atoms with Gasteiger partial charge < -0.3 is 0 Å². The molecule has 1 unspecified atom stereocenters. The van der Waals surface area contributed by atoms with E-state index in [4.69, 9.17) is 0 Å². The van der Waals surface area contributed by atoms with Gasteiger partial charge in [-0.1, -0.05) is 0 Å². The van der Waals surface area contributed by atoms with Crippen molar-refractivity contribution in [3.63, 3.8) is 0 Å².